The predicted molar refractivity (Wildman–Crippen MR) is 89.1 cm³/mol. The molecule has 120 valence electrons. The Labute approximate surface area is 137 Å². The summed E-state index contributed by atoms with van der Waals surface area (Å²) in [5, 5.41) is 15.4. The van der Waals surface area contributed by atoms with Crippen molar-refractivity contribution in [2.24, 2.45) is 0 Å². The predicted octanol–water partition coefficient (Wildman–Crippen LogP) is 3.87. The average Bonchev–Trinajstić information content (AvgIpc) is 3.01. The Hall–Kier alpha value is -2.54. The molecule has 0 fully saturated rings. The summed E-state index contributed by atoms with van der Waals surface area (Å²) in [4.78, 5) is 34.9. The summed E-state index contributed by atoms with van der Waals surface area (Å²) in [5.41, 5.74) is 1.64. The molecular formula is C16H16N2O4S. The van der Waals surface area contributed by atoms with Gasteiger partial charge in [-0.1, -0.05) is 6.07 Å². The largest absolute Gasteiger partial charge is 0.326 e. The van der Waals surface area contributed by atoms with Gasteiger partial charge in [0.25, 0.3) is 5.69 Å². The number of rotatable bonds is 6. The van der Waals surface area contributed by atoms with Crippen LogP contribution in [0.15, 0.2) is 29.6 Å². The minimum absolute atomic E-state index is 0.0395. The van der Waals surface area contributed by atoms with E-state index in [0.29, 0.717) is 16.1 Å². The zero-order valence-corrected chi connectivity index (χ0v) is 13.6. The van der Waals surface area contributed by atoms with Crippen LogP contribution in [-0.2, 0) is 4.79 Å². The molecule has 1 aromatic carbocycles. The van der Waals surface area contributed by atoms with Gasteiger partial charge in [-0.15, -0.1) is 11.3 Å². The lowest BCUT2D eigenvalue weighted by Gasteiger charge is -2.09. The summed E-state index contributed by atoms with van der Waals surface area (Å²) in [6.45, 7) is 3.42. The van der Waals surface area contributed by atoms with Crippen LogP contribution in [-0.4, -0.2) is 16.6 Å². The van der Waals surface area contributed by atoms with Gasteiger partial charge < -0.3 is 5.32 Å². The third-order valence-electron chi connectivity index (χ3n) is 3.39. The number of hydrogen-bond donors (Lipinski definition) is 1. The number of aryl methyl sites for hydroxylation is 2. The van der Waals surface area contributed by atoms with Crippen LogP contribution in [0.5, 0.6) is 0 Å². The number of nitro benzene ring substituents is 1. The van der Waals surface area contributed by atoms with Gasteiger partial charge in [-0.3, -0.25) is 19.7 Å². The molecule has 1 aromatic heterocycles. The number of carbonyl (C=O) groups excluding carboxylic acids is 2. The fraction of sp³-hybridized carbons (Fsp3) is 0.250. The molecule has 0 bridgehead atoms. The molecule has 0 aliphatic heterocycles. The molecule has 1 amide bonds. The number of anilines is 1. The molecule has 0 aliphatic carbocycles. The lowest BCUT2D eigenvalue weighted by atomic mass is 10.1. The highest BCUT2D eigenvalue weighted by atomic mass is 32.1. The molecule has 0 saturated heterocycles. The van der Waals surface area contributed by atoms with Gasteiger partial charge in [-0.2, -0.15) is 0 Å². The SMILES string of the molecule is Cc1cc(C)c([N+](=O)[O-])cc1NC(=O)CCC(=O)c1cccs1. The Balaban J connectivity index is 2.01. The van der Waals surface area contributed by atoms with Gasteiger partial charge in [0.2, 0.25) is 5.91 Å². The van der Waals surface area contributed by atoms with E-state index < -0.39 is 4.92 Å². The molecule has 2 rings (SSSR count). The molecular weight excluding hydrogens is 316 g/mol. The third-order valence-corrected chi connectivity index (χ3v) is 4.30. The second kappa shape index (κ2) is 7.15. The fourth-order valence-electron chi connectivity index (χ4n) is 2.17. The summed E-state index contributed by atoms with van der Waals surface area (Å²) in [5.74, 6) is -0.419. The molecule has 2 aromatic rings. The first-order valence-electron chi connectivity index (χ1n) is 7.00. The molecule has 1 N–H and O–H groups in total. The highest BCUT2D eigenvalue weighted by molar-refractivity contribution is 7.12. The first-order chi connectivity index (χ1) is 10.9. The molecule has 0 atom stereocenters. The van der Waals surface area contributed by atoms with Gasteiger partial charge in [0, 0.05) is 24.5 Å². The van der Waals surface area contributed by atoms with Crippen molar-refractivity contribution in [3.8, 4) is 0 Å². The molecule has 0 spiro atoms. The van der Waals surface area contributed by atoms with Crippen LogP contribution in [0.1, 0.15) is 33.6 Å². The summed E-state index contributed by atoms with van der Waals surface area (Å²) in [7, 11) is 0. The maximum atomic E-state index is 12.0. The number of benzene rings is 1. The Morgan fingerprint density at radius 3 is 2.57 bits per heavy atom. The van der Waals surface area contributed by atoms with Gasteiger partial charge in [-0.25, -0.2) is 0 Å². The number of amides is 1. The minimum atomic E-state index is -0.481. The Bertz CT molecular complexity index is 754. The van der Waals surface area contributed by atoms with Gasteiger partial charge in [0.05, 0.1) is 15.5 Å². The summed E-state index contributed by atoms with van der Waals surface area (Å²) in [6.07, 6.45) is 0.150. The summed E-state index contributed by atoms with van der Waals surface area (Å²) >= 11 is 1.34. The second-order valence-electron chi connectivity index (χ2n) is 5.16. The van der Waals surface area contributed by atoms with Crippen molar-refractivity contribution in [3.05, 3.63) is 55.8 Å². The fourth-order valence-corrected chi connectivity index (χ4v) is 2.87. The van der Waals surface area contributed by atoms with Crippen LogP contribution in [0.4, 0.5) is 11.4 Å². The van der Waals surface area contributed by atoms with Crippen LogP contribution in [0.2, 0.25) is 0 Å². The van der Waals surface area contributed by atoms with Crippen LogP contribution in [0, 0.1) is 24.0 Å². The van der Waals surface area contributed by atoms with Gasteiger partial charge in [-0.05, 0) is 36.9 Å². The van der Waals surface area contributed by atoms with Crippen molar-refractivity contribution in [2.75, 3.05) is 5.32 Å². The van der Waals surface area contributed by atoms with Crippen molar-refractivity contribution in [1.29, 1.82) is 0 Å². The minimum Gasteiger partial charge on any atom is -0.326 e. The number of nitro groups is 1. The van der Waals surface area contributed by atoms with E-state index in [1.807, 2.05) is 5.38 Å². The lowest BCUT2D eigenvalue weighted by Crippen LogP contribution is -2.14. The van der Waals surface area contributed by atoms with Crippen LogP contribution >= 0.6 is 11.3 Å². The van der Waals surface area contributed by atoms with Crippen molar-refractivity contribution < 1.29 is 14.5 Å². The number of ketones is 1. The average molecular weight is 332 g/mol. The monoisotopic (exact) mass is 332 g/mol. The summed E-state index contributed by atoms with van der Waals surface area (Å²) in [6, 6.07) is 6.51. The van der Waals surface area contributed by atoms with E-state index in [9.17, 15) is 19.7 Å². The molecule has 0 aliphatic rings. The number of carbonyl (C=O) groups is 2. The quantitative estimate of drug-likeness (QED) is 0.494. The number of hydrogen-bond acceptors (Lipinski definition) is 5. The van der Waals surface area contributed by atoms with Gasteiger partial charge >= 0.3 is 0 Å². The highest BCUT2D eigenvalue weighted by Crippen LogP contribution is 2.26. The van der Waals surface area contributed by atoms with Gasteiger partial charge in [0.15, 0.2) is 5.78 Å². The van der Waals surface area contributed by atoms with Crippen LogP contribution in [0.3, 0.4) is 0 Å². The molecule has 6 nitrogen and oxygen atoms in total. The van der Waals surface area contributed by atoms with Crippen molar-refractivity contribution >= 4 is 34.4 Å². The first kappa shape index (κ1) is 16.8. The molecule has 0 saturated carbocycles. The maximum Gasteiger partial charge on any atom is 0.274 e. The lowest BCUT2D eigenvalue weighted by molar-refractivity contribution is -0.385. The Morgan fingerprint density at radius 2 is 1.96 bits per heavy atom. The van der Waals surface area contributed by atoms with Crippen molar-refractivity contribution in [2.45, 2.75) is 26.7 Å². The Morgan fingerprint density at radius 1 is 1.22 bits per heavy atom. The number of thiophene rings is 1. The van der Waals surface area contributed by atoms with E-state index >= 15 is 0 Å². The van der Waals surface area contributed by atoms with E-state index in [4.69, 9.17) is 0 Å². The normalized spacial score (nSPS) is 10.3. The van der Waals surface area contributed by atoms with Crippen LogP contribution < -0.4 is 5.32 Å². The van der Waals surface area contributed by atoms with E-state index in [2.05, 4.69) is 5.32 Å². The zero-order chi connectivity index (χ0) is 17.0. The first-order valence-corrected chi connectivity index (χ1v) is 7.88. The van der Waals surface area contributed by atoms with Gasteiger partial charge in [0.1, 0.15) is 0 Å². The second-order valence-corrected chi connectivity index (χ2v) is 6.11. The number of nitrogens with one attached hydrogen (secondary N) is 1. The smallest absolute Gasteiger partial charge is 0.274 e. The Kier molecular flexibility index (Phi) is 5.23. The topological polar surface area (TPSA) is 89.3 Å². The number of Topliss-reactive ketones (excluding diaryl/α,β-unsaturated/α-hetero) is 1. The molecule has 1 heterocycles. The van der Waals surface area contributed by atoms with Crippen molar-refractivity contribution in [3.63, 3.8) is 0 Å². The van der Waals surface area contributed by atoms with E-state index in [1.165, 1.54) is 17.4 Å². The highest BCUT2D eigenvalue weighted by Gasteiger charge is 2.16. The zero-order valence-electron chi connectivity index (χ0n) is 12.8. The van der Waals surface area contributed by atoms with E-state index in [0.717, 1.165) is 5.56 Å². The third kappa shape index (κ3) is 4.23. The van der Waals surface area contributed by atoms with E-state index in [-0.39, 0.29) is 30.2 Å². The standard InChI is InChI=1S/C16H16N2O4S/c1-10-8-11(2)13(18(21)22)9-12(10)17-16(20)6-5-14(19)15-4-3-7-23-15/h3-4,7-9H,5-6H2,1-2H3,(H,17,20). The molecule has 0 unspecified atom stereocenters. The number of nitrogens with zero attached hydrogens (tertiary/aromatic N) is 1. The summed E-state index contributed by atoms with van der Waals surface area (Å²) < 4.78 is 0. The van der Waals surface area contributed by atoms with Crippen LogP contribution in [0.25, 0.3) is 0 Å². The van der Waals surface area contributed by atoms with Crippen molar-refractivity contribution in [1.82, 2.24) is 0 Å². The molecule has 23 heavy (non-hydrogen) atoms. The molecule has 7 heteroatoms. The maximum absolute atomic E-state index is 12.0. The molecule has 0 radical (unpaired) electrons. The van der Waals surface area contributed by atoms with E-state index in [1.54, 1.807) is 32.0 Å².